The van der Waals surface area contributed by atoms with Crippen molar-refractivity contribution in [3.05, 3.63) is 23.8 Å². The number of hydrogen-bond donors (Lipinski definition) is 1. The van der Waals surface area contributed by atoms with E-state index in [0.717, 1.165) is 56.8 Å². The largest absolute Gasteiger partial charge is 0.490 e. The summed E-state index contributed by atoms with van der Waals surface area (Å²) in [5, 5.41) is 0. The van der Waals surface area contributed by atoms with Crippen LogP contribution in [0.5, 0.6) is 11.5 Å². The van der Waals surface area contributed by atoms with Gasteiger partial charge in [0.25, 0.3) is 0 Å². The molecule has 3 nitrogen and oxygen atoms in total. The van der Waals surface area contributed by atoms with Gasteiger partial charge in [-0.15, -0.1) is 0 Å². The summed E-state index contributed by atoms with van der Waals surface area (Å²) in [4.78, 5) is 0. The number of hydrogen-bond acceptors (Lipinski definition) is 3. The van der Waals surface area contributed by atoms with Crippen LogP contribution in [0.2, 0.25) is 0 Å². The normalized spacial score (nSPS) is 13.7. The fourth-order valence-corrected chi connectivity index (χ4v) is 2.51. The summed E-state index contributed by atoms with van der Waals surface area (Å²) < 4.78 is 11.7. The number of rotatable bonds is 11. The van der Waals surface area contributed by atoms with E-state index in [1.165, 1.54) is 5.56 Å². The maximum absolute atomic E-state index is 5.90. The molecule has 0 aliphatic heterocycles. The molecule has 2 atom stereocenters. The molecule has 0 saturated heterocycles. The van der Waals surface area contributed by atoms with Gasteiger partial charge < -0.3 is 15.2 Å². The molecule has 0 amide bonds. The Labute approximate surface area is 136 Å². The fraction of sp³-hybridized carbons (Fsp3) is 0.684. The molecule has 0 aliphatic carbocycles. The molecule has 0 saturated carbocycles. The van der Waals surface area contributed by atoms with E-state index in [4.69, 9.17) is 15.2 Å². The van der Waals surface area contributed by atoms with Gasteiger partial charge in [-0.3, -0.25) is 0 Å². The van der Waals surface area contributed by atoms with Crippen molar-refractivity contribution in [2.75, 3.05) is 13.2 Å². The topological polar surface area (TPSA) is 44.5 Å². The molecule has 0 bridgehead atoms. The Morgan fingerprint density at radius 3 is 2.14 bits per heavy atom. The van der Waals surface area contributed by atoms with Crippen LogP contribution < -0.4 is 15.2 Å². The minimum absolute atomic E-state index is 0.261. The Bertz CT molecular complexity index is 418. The van der Waals surface area contributed by atoms with Crippen molar-refractivity contribution in [1.82, 2.24) is 0 Å². The zero-order valence-electron chi connectivity index (χ0n) is 14.7. The van der Waals surface area contributed by atoms with E-state index in [1.54, 1.807) is 0 Å². The van der Waals surface area contributed by atoms with Gasteiger partial charge in [0.05, 0.1) is 13.2 Å². The van der Waals surface area contributed by atoms with E-state index in [0.29, 0.717) is 5.92 Å². The van der Waals surface area contributed by atoms with Crippen LogP contribution >= 0.6 is 0 Å². The van der Waals surface area contributed by atoms with Crippen molar-refractivity contribution in [3.63, 3.8) is 0 Å². The van der Waals surface area contributed by atoms with Crippen LogP contribution in [0.25, 0.3) is 0 Å². The summed E-state index contributed by atoms with van der Waals surface area (Å²) in [6.45, 7) is 9.99. The molecule has 22 heavy (non-hydrogen) atoms. The molecular formula is C19H33NO2. The zero-order chi connectivity index (χ0) is 16.4. The van der Waals surface area contributed by atoms with Gasteiger partial charge in [-0.05, 0) is 62.6 Å². The monoisotopic (exact) mass is 307 g/mol. The maximum Gasteiger partial charge on any atom is 0.161 e. The molecule has 1 aromatic carbocycles. The lowest BCUT2D eigenvalue weighted by Crippen LogP contribution is -2.15. The Hall–Kier alpha value is -1.22. The second kappa shape index (κ2) is 10.5. The molecule has 2 N–H and O–H groups in total. The van der Waals surface area contributed by atoms with Gasteiger partial charge in [-0.2, -0.15) is 0 Å². The third-order valence-electron chi connectivity index (χ3n) is 3.83. The molecular weight excluding hydrogens is 274 g/mol. The molecule has 0 fully saturated rings. The Morgan fingerprint density at radius 1 is 0.955 bits per heavy atom. The summed E-state index contributed by atoms with van der Waals surface area (Å²) in [6, 6.07) is 6.66. The summed E-state index contributed by atoms with van der Waals surface area (Å²) >= 11 is 0. The molecule has 0 spiro atoms. The van der Waals surface area contributed by atoms with E-state index < -0.39 is 0 Å². The molecule has 0 radical (unpaired) electrons. The van der Waals surface area contributed by atoms with E-state index in [-0.39, 0.29) is 6.04 Å². The Kier molecular flexibility index (Phi) is 8.98. The van der Waals surface area contributed by atoms with Gasteiger partial charge in [0, 0.05) is 6.04 Å². The summed E-state index contributed by atoms with van der Waals surface area (Å²) in [5.41, 5.74) is 7.23. The van der Waals surface area contributed by atoms with Crippen LogP contribution in [0.3, 0.4) is 0 Å². The summed E-state index contributed by atoms with van der Waals surface area (Å²) in [6.07, 6.45) is 5.30. The first-order chi connectivity index (χ1) is 10.6. The predicted molar refractivity (Wildman–Crippen MR) is 93.9 cm³/mol. The first kappa shape index (κ1) is 18.8. The number of benzene rings is 1. The average Bonchev–Trinajstić information content (AvgIpc) is 2.52. The minimum Gasteiger partial charge on any atom is -0.490 e. The molecule has 0 heterocycles. The molecule has 2 unspecified atom stereocenters. The highest BCUT2D eigenvalue weighted by atomic mass is 16.5. The lowest BCUT2D eigenvalue weighted by Gasteiger charge is -2.19. The lowest BCUT2D eigenvalue weighted by atomic mass is 9.90. The second-order valence-electron chi connectivity index (χ2n) is 6.06. The van der Waals surface area contributed by atoms with E-state index in [9.17, 15) is 0 Å². The molecule has 1 aromatic rings. The fourth-order valence-electron chi connectivity index (χ4n) is 2.51. The number of nitrogens with two attached hydrogens (primary N) is 1. The van der Waals surface area contributed by atoms with E-state index in [1.807, 2.05) is 0 Å². The van der Waals surface area contributed by atoms with Crippen molar-refractivity contribution in [3.8, 4) is 11.5 Å². The highest BCUT2D eigenvalue weighted by Crippen LogP contribution is 2.34. The minimum atomic E-state index is 0.261. The van der Waals surface area contributed by atoms with Crippen molar-refractivity contribution in [2.24, 2.45) is 5.73 Å². The zero-order valence-corrected chi connectivity index (χ0v) is 14.7. The highest BCUT2D eigenvalue weighted by molar-refractivity contribution is 5.44. The maximum atomic E-state index is 5.90. The first-order valence-electron chi connectivity index (χ1n) is 8.77. The van der Waals surface area contributed by atoms with Gasteiger partial charge in [-0.25, -0.2) is 0 Å². The van der Waals surface area contributed by atoms with Crippen molar-refractivity contribution in [2.45, 2.75) is 71.8 Å². The van der Waals surface area contributed by atoms with Gasteiger partial charge in [0.15, 0.2) is 11.5 Å². The highest BCUT2D eigenvalue weighted by Gasteiger charge is 2.14. The number of ether oxygens (including phenoxy) is 2. The van der Waals surface area contributed by atoms with E-state index in [2.05, 4.69) is 45.9 Å². The van der Waals surface area contributed by atoms with Crippen LogP contribution in [0.1, 0.15) is 71.3 Å². The predicted octanol–water partition coefficient (Wildman–Crippen LogP) is 4.89. The molecule has 3 heteroatoms. The van der Waals surface area contributed by atoms with Crippen LogP contribution in [0.15, 0.2) is 18.2 Å². The van der Waals surface area contributed by atoms with Crippen LogP contribution in [-0.4, -0.2) is 19.3 Å². The standard InChI is InChI=1S/C19H33NO2/c1-5-12-21-18-11-10-17(14-19(18)22-13-6-2)16(7-3)9-8-15(4)20/h10-11,14-16H,5-9,12-13,20H2,1-4H3. The summed E-state index contributed by atoms with van der Waals surface area (Å²) in [5.74, 6) is 2.28. The van der Waals surface area contributed by atoms with Crippen LogP contribution in [0, 0.1) is 0 Å². The first-order valence-corrected chi connectivity index (χ1v) is 8.77. The van der Waals surface area contributed by atoms with Crippen LogP contribution in [-0.2, 0) is 0 Å². The average molecular weight is 307 g/mol. The van der Waals surface area contributed by atoms with Gasteiger partial charge in [0.2, 0.25) is 0 Å². The quantitative estimate of drug-likeness (QED) is 0.633. The Morgan fingerprint density at radius 2 is 1.59 bits per heavy atom. The van der Waals surface area contributed by atoms with E-state index >= 15 is 0 Å². The third kappa shape index (κ3) is 6.27. The SMILES string of the molecule is CCCOc1ccc(C(CC)CCC(C)N)cc1OCCC. The van der Waals surface area contributed by atoms with Crippen molar-refractivity contribution in [1.29, 1.82) is 0 Å². The van der Waals surface area contributed by atoms with Gasteiger partial charge in [-0.1, -0.05) is 26.8 Å². The third-order valence-corrected chi connectivity index (χ3v) is 3.83. The second-order valence-corrected chi connectivity index (χ2v) is 6.06. The van der Waals surface area contributed by atoms with Crippen molar-refractivity contribution < 1.29 is 9.47 Å². The van der Waals surface area contributed by atoms with Gasteiger partial charge >= 0.3 is 0 Å². The Balaban J connectivity index is 2.89. The van der Waals surface area contributed by atoms with Crippen molar-refractivity contribution >= 4 is 0 Å². The molecule has 0 aliphatic rings. The lowest BCUT2D eigenvalue weighted by molar-refractivity contribution is 0.268. The van der Waals surface area contributed by atoms with Gasteiger partial charge in [0.1, 0.15) is 0 Å². The molecule has 1 rings (SSSR count). The molecule has 0 aromatic heterocycles. The summed E-state index contributed by atoms with van der Waals surface area (Å²) in [7, 11) is 0. The van der Waals surface area contributed by atoms with Crippen LogP contribution in [0.4, 0.5) is 0 Å². The molecule has 126 valence electrons. The smallest absolute Gasteiger partial charge is 0.161 e.